The fourth-order valence-electron chi connectivity index (χ4n) is 2.08. The molecule has 17 heavy (non-hydrogen) atoms. The Balaban J connectivity index is 2.18. The van der Waals surface area contributed by atoms with Crippen LogP contribution in [0.4, 0.5) is 11.4 Å². The molecule has 0 aliphatic carbocycles. The number of ether oxygens (including phenoxy) is 1. The Morgan fingerprint density at radius 1 is 0.882 bits per heavy atom. The van der Waals surface area contributed by atoms with Crippen LogP contribution in [0.3, 0.4) is 0 Å². The Morgan fingerprint density at radius 3 is 2.59 bits per heavy atom. The van der Waals surface area contributed by atoms with Crippen molar-refractivity contribution in [3.63, 3.8) is 0 Å². The van der Waals surface area contributed by atoms with E-state index in [2.05, 4.69) is 35.7 Å². The number of para-hydroxylation sites is 1. The second kappa shape index (κ2) is 3.98. The molecule has 1 heterocycles. The molecule has 84 valence electrons. The van der Waals surface area contributed by atoms with E-state index in [-0.39, 0.29) is 0 Å². The highest BCUT2D eigenvalue weighted by Gasteiger charge is 2.10. The monoisotopic (exact) mass is 223 g/mol. The van der Waals surface area contributed by atoms with E-state index >= 15 is 0 Å². The van der Waals surface area contributed by atoms with Gasteiger partial charge < -0.3 is 10.1 Å². The summed E-state index contributed by atoms with van der Waals surface area (Å²) < 4.78 is 5.38. The van der Waals surface area contributed by atoms with Gasteiger partial charge in [-0.25, -0.2) is 0 Å². The summed E-state index contributed by atoms with van der Waals surface area (Å²) in [6.45, 7) is 0. The molecular formula is C15H13NO. The molecule has 2 aromatic carbocycles. The van der Waals surface area contributed by atoms with E-state index < -0.39 is 0 Å². The fraction of sp³-hybridized carbons (Fsp3) is 0.0667. The molecule has 1 aliphatic rings. The highest BCUT2D eigenvalue weighted by molar-refractivity contribution is 5.89. The average molecular weight is 223 g/mol. The highest BCUT2D eigenvalue weighted by Crippen LogP contribution is 2.34. The SMILES string of the molecule is COc1cccc2c1C=Cc1ccccc1N2. The van der Waals surface area contributed by atoms with Gasteiger partial charge in [0.05, 0.1) is 7.11 Å². The van der Waals surface area contributed by atoms with Crippen LogP contribution in [0.1, 0.15) is 11.1 Å². The molecule has 0 saturated carbocycles. The lowest BCUT2D eigenvalue weighted by molar-refractivity contribution is 0.414. The standard InChI is InChI=1S/C15H13NO/c1-17-15-8-4-7-14-12(15)10-9-11-5-2-3-6-13(11)16-14/h2-10,16H,1H3. The van der Waals surface area contributed by atoms with Gasteiger partial charge in [-0.3, -0.25) is 0 Å². The third-order valence-electron chi connectivity index (χ3n) is 2.95. The quantitative estimate of drug-likeness (QED) is 0.675. The number of nitrogens with one attached hydrogen (secondary N) is 1. The van der Waals surface area contributed by atoms with Gasteiger partial charge in [-0.1, -0.05) is 30.3 Å². The van der Waals surface area contributed by atoms with Crippen molar-refractivity contribution in [3.8, 4) is 5.75 Å². The number of rotatable bonds is 1. The maximum atomic E-state index is 5.38. The molecule has 0 bridgehead atoms. The van der Waals surface area contributed by atoms with Crippen molar-refractivity contribution in [2.75, 3.05) is 12.4 Å². The lowest BCUT2D eigenvalue weighted by Crippen LogP contribution is -1.95. The van der Waals surface area contributed by atoms with Crippen molar-refractivity contribution in [2.45, 2.75) is 0 Å². The van der Waals surface area contributed by atoms with Crippen LogP contribution < -0.4 is 10.1 Å². The maximum Gasteiger partial charge on any atom is 0.128 e. The van der Waals surface area contributed by atoms with Gasteiger partial charge >= 0.3 is 0 Å². The van der Waals surface area contributed by atoms with E-state index in [0.717, 1.165) is 22.7 Å². The van der Waals surface area contributed by atoms with Gasteiger partial charge in [-0.2, -0.15) is 0 Å². The normalized spacial score (nSPS) is 12.1. The molecule has 0 amide bonds. The zero-order chi connectivity index (χ0) is 11.7. The first kappa shape index (κ1) is 9.97. The smallest absolute Gasteiger partial charge is 0.128 e. The van der Waals surface area contributed by atoms with E-state index in [1.54, 1.807) is 7.11 Å². The molecule has 0 radical (unpaired) electrons. The summed E-state index contributed by atoms with van der Waals surface area (Å²) in [6, 6.07) is 14.3. The Labute approximate surface area is 101 Å². The number of benzene rings is 2. The zero-order valence-electron chi connectivity index (χ0n) is 9.60. The Morgan fingerprint density at radius 2 is 1.71 bits per heavy atom. The third kappa shape index (κ3) is 1.68. The van der Waals surface area contributed by atoms with Gasteiger partial charge in [-0.15, -0.1) is 0 Å². The van der Waals surface area contributed by atoms with Crippen LogP contribution in [0.25, 0.3) is 12.2 Å². The largest absolute Gasteiger partial charge is 0.496 e. The lowest BCUT2D eigenvalue weighted by Gasteiger charge is -2.11. The first-order valence-corrected chi connectivity index (χ1v) is 5.59. The van der Waals surface area contributed by atoms with Crippen LogP contribution >= 0.6 is 0 Å². The molecule has 0 unspecified atom stereocenters. The van der Waals surface area contributed by atoms with Crippen molar-refractivity contribution in [1.29, 1.82) is 0 Å². The summed E-state index contributed by atoms with van der Waals surface area (Å²) >= 11 is 0. The van der Waals surface area contributed by atoms with Crippen molar-refractivity contribution in [2.24, 2.45) is 0 Å². The highest BCUT2D eigenvalue weighted by atomic mass is 16.5. The van der Waals surface area contributed by atoms with E-state index in [1.807, 2.05) is 24.3 Å². The van der Waals surface area contributed by atoms with E-state index in [4.69, 9.17) is 4.74 Å². The lowest BCUT2D eigenvalue weighted by atomic mass is 10.1. The van der Waals surface area contributed by atoms with E-state index in [0.29, 0.717) is 0 Å². The van der Waals surface area contributed by atoms with Crippen LogP contribution in [0.15, 0.2) is 42.5 Å². The number of fused-ring (bicyclic) bond motifs is 2. The van der Waals surface area contributed by atoms with Crippen molar-refractivity contribution in [3.05, 3.63) is 53.6 Å². The number of anilines is 2. The van der Waals surface area contributed by atoms with Gasteiger partial charge in [0.1, 0.15) is 5.75 Å². The van der Waals surface area contributed by atoms with Crippen molar-refractivity contribution < 1.29 is 4.74 Å². The van der Waals surface area contributed by atoms with Gasteiger partial charge in [-0.05, 0) is 29.8 Å². The molecule has 0 fully saturated rings. The summed E-state index contributed by atoms with van der Waals surface area (Å²) in [5, 5.41) is 3.44. The topological polar surface area (TPSA) is 21.3 Å². The van der Waals surface area contributed by atoms with Crippen LogP contribution in [0, 0.1) is 0 Å². The van der Waals surface area contributed by atoms with Crippen molar-refractivity contribution >= 4 is 23.5 Å². The molecule has 0 spiro atoms. The Kier molecular flexibility index (Phi) is 2.33. The zero-order valence-corrected chi connectivity index (χ0v) is 9.60. The van der Waals surface area contributed by atoms with E-state index in [9.17, 15) is 0 Å². The molecule has 0 aromatic heterocycles. The Bertz CT molecular complexity index is 587. The minimum atomic E-state index is 0.888. The van der Waals surface area contributed by atoms with Crippen LogP contribution in [-0.4, -0.2) is 7.11 Å². The van der Waals surface area contributed by atoms with Crippen LogP contribution in [0.2, 0.25) is 0 Å². The minimum Gasteiger partial charge on any atom is -0.496 e. The molecule has 1 aliphatic heterocycles. The summed E-state index contributed by atoms with van der Waals surface area (Å²) in [7, 11) is 1.70. The fourth-order valence-corrected chi connectivity index (χ4v) is 2.08. The molecule has 3 rings (SSSR count). The predicted octanol–water partition coefficient (Wildman–Crippen LogP) is 3.92. The first-order chi connectivity index (χ1) is 8.38. The maximum absolute atomic E-state index is 5.38. The molecule has 2 heteroatoms. The van der Waals surface area contributed by atoms with Gasteiger partial charge in [0, 0.05) is 16.9 Å². The second-order valence-corrected chi connectivity index (χ2v) is 3.97. The molecular weight excluding hydrogens is 210 g/mol. The molecule has 0 atom stereocenters. The third-order valence-corrected chi connectivity index (χ3v) is 2.95. The number of hydrogen-bond acceptors (Lipinski definition) is 2. The number of methoxy groups -OCH3 is 1. The summed E-state index contributed by atoms with van der Waals surface area (Å²) in [4.78, 5) is 0. The Hall–Kier alpha value is -2.22. The van der Waals surface area contributed by atoms with Gasteiger partial charge in [0.25, 0.3) is 0 Å². The summed E-state index contributed by atoms with van der Waals surface area (Å²) in [6.07, 6.45) is 4.20. The van der Waals surface area contributed by atoms with Crippen LogP contribution in [-0.2, 0) is 0 Å². The van der Waals surface area contributed by atoms with Gasteiger partial charge in [0.2, 0.25) is 0 Å². The summed E-state index contributed by atoms with van der Waals surface area (Å²) in [5.74, 6) is 0.888. The number of hydrogen-bond donors (Lipinski definition) is 1. The van der Waals surface area contributed by atoms with E-state index in [1.165, 1.54) is 5.56 Å². The summed E-state index contributed by atoms with van der Waals surface area (Å²) in [5.41, 5.74) is 4.47. The molecule has 2 aromatic rings. The molecule has 1 N–H and O–H groups in total. The second-order valence-electron chi connectivity index (χ2n) is 3.97. The molecule has 2 nitrogen and oxygen atoms in total. The first-order valence-electron chi connectivity index (χ1n) is 5.59. The van der Waals surface area contributed by atoms with Crippen LogP contribution in [0.5, 0.6) is 5.75 Å². The predicted molar refractivity (Wildman–Crippen MR) is 71.6 cm³/mol. The minimum absolute atomic E-state index is 0.888. The van der Waals surface area contributed by atoms with Crippen molar-refractivity contribution in [1.82, 2.24) is 0 Å². The molecule has 0 saturated heterocycles. The van der Waals surface area contributed by atoms with Gasteiger partial charge in [0.15, 0.2) is 0 Å². The average Bonchev–Trinajstić information content (AvgIpc) is 2.57.